The molecular weight excluding hydrogens is 328 g/mol. The molecule has 0 saturated carbocycles. The maximum absolute atomic E-state index is 5.92. The van der Waals surface area contributed by atoms with Gasteiger partial charge in [-0.2, -0.15) is 4.98 Å². The second-order valence-electron chi connectivity index (χ2n) is 5.16. The molecule has 0 bridgehead atoms. The fourth-order valence-electron chi connectivity index (χ4n) is 1.61. The average molecular weight is 345 g/mol. The molecule has 0 spiro atoms. The number of nitrogens with zero attached hydrogens (tertiary/aromatic N) is 3. The molecule has 2 rings (SSSR count). The molecule has 0 unspecified atom stereocenters. The fraction of sp³-hybridized carbons (Fsp3) is 0.500. The lowest BCUT2D eigenvalue weighted by molar-refractivity contribution is 0.259. The van der Waals surface area contributed by atoms with Gasteiger partial charge in [0.05, 0.1) is 15.9 Å². The summed E-state index contributed by atoms with van der Waals surface area (Å²) in [5.74, 6) is 1.12. The molecule has 2 aromatic heterocycles. The van der Waals surface area contributed by atoms with Crippen LogP contribution in [0, 0.1) is 0 Å². The van der Waals surface area contributed by atoms with E-state index in [9.17, 15) is 0 Å². The summed E-state index contributed by atoms with van der Waals surface area (Å²) in [7, 11) is 2.02. The normalized spacial score (nSPS) is 12.3. The van der Waals surface area contributed by atoms with Crippen LogP contribution in [0.5, 0.6) is 0 Å². The van der Waals surface area contributed by atoms with Crippen LogP contribution in [0.4, 0.5) is 0 Å². The van der Waals surface area contributed by atoms with E-state index in [0.717, 1.165) is 10.3 Å². The Morgan fingerprint density at radius 1 is 1.47 bits per heavy atom. The van der Waals surface area contributed by atoms with Crippen LogP contribution in [0.1, 0.15) is 31.1 Å². The Morgan fingerprint density at radius 3 is 2.74 bits per heavy atom. The number of hydrogen-bond acceptors (Lipinski definition) is 6. The predicted octanol–water partition coefficient (Wildman–Crippen LogP) is 2.72. The summed E-state index contributed by atoms with van der Waals surface area (Å²) >= 11 is 5.14. The molecule has 2 heterocycles. The lowest BCUT2D eigenvalue weighted by Crippen LogP contribution is -2.30. The van der Waals surface area contributed by atoms with Gasteiger partial charge in [-0.15, -0.1) is 11.3 Å². The Bertz CT molecular complexity index is 546. The molecule has 0 atom stereocenters. The van der Waals surface area contributed by atoms with Gasteiger partial charge < -0.3 is 10.3 Å². The van der Waals surface area contributed by atoms with Crippen LogP contribution in [0.25, 0.3) is 0 Å². The number of thiophene rings is 1. The number of nitrogens with two attached hydrogens (primary N) is 1. The summed E-state index contributed by atoms with van der Waals surface area (Å²) in [5.41, 5.74) is 6.62. The zero-order chi connectivity index (χ0) is 14.0. The van der Waals surface area contributed by atoms with Crippen molar-refractivity contribution in [2.75, 3.05) is 7.05 Å². The highest BCUT2D eigenvalue weighted by Crippen LogP contribution is 2.22. The zero-order valence-corrected chi connectivity index (χ0v) is 13.6. The van der Waals surface area contributed by atoms with Crippen molar-refractivity contribution in [2.24, 2.45) is 5.73 Å². The smallest absolute Gasteiger partial charge is 0.240 e. The summed E-state index contributed by atoms with van der Waals surface area (Å²) in [6.45, 7) is 5.16. The van der Waals surface area contributed by atoms with Crippen LogP contribution in [0.15, 0.2) is 19.8 Å². The molecule has 0 aliphatic carbocycles. The first-order valence-electron chi connectivity index (χ1n) is 5.88. The largest absolute Gasteiger partial charge is 0.338 e. The second kappa shape index (κ2) is 5.70. The number of aromatic nitrogens is 2. The van der Waals surface area contributed by atoms with E-state index in [1.165, 1.54) is 5.56 Å². The molecule has 0 fully saturated rings. The van der Waals surface area contributed by atoms with Crippen LogP contribution in [0.2, 0.25) is 0 Å². The maximum Gasteiger partial charge on any atom is 0.240 e. The van der Waals surface area contributed by atoms with Crippen LogP contribution in [0.3, 0.4) is 0 Å². The SMILES string of the molecule is CN(Cc1csc(Br)c1)Cc1nc(C(C)(C)N)no1. The Labute approximate surface area is 124 Å². The van der Waals surface area contributed by atoms with Gasteiger partial charge in [-0.25, -0.2) is 0 Å². The van der Waals surface area contributed by atoms with E-state index < -0.39 is 5.54 Å². The molecule has 2 N–H and O–H groups in total. The van der Waals surface area contributed by atoms with Crippen molar-refractivity contribution >= 4 is 27.3 Å². The van der Waals surface area contributed by atoms with Gasteiger partial charge in [0, 0.05) is 6.54 Å². The Morgan fingerprint density at radius 2 is 2.21 bits per heavy atom. The molecule has 0 amide bonds. The predicted molar refractivity (Wildman–Crippen MR) is 78.7 cm³/mol. The molecule has 0 aliphatic rings. The van der Waals surface area contributed by atoms with Crippen LogP contribution in [-0.4, -0.2) is 22.1 Å². The number of halogens is 1. The highest BCUT2D eigenvalue weighted by molar-refractivity contribution is 9.11. The van der Waals surface area contributed by atoms with Crippen LogP contribution < -0.4 is 5.73 Å². The maximum atomic E-state index is 5.92. The highest BCUT2D eigenvalue weighted by Gasteiger charge is 2.21. The monoisotopic (exact) mass is 344 g/mol. The van der Waals surface area contributed by atoms with Crippen molar-refractivity contribution in [3.8, 4) is 0 Å². The topological polar surface area (TPSA) is 68.2 Å². The van der Waals surface area contributed by atoms with Crippen molar-refractivity contribution in [1.82, 2.24) is 15.0 Å². The first-order chi connectivity index (χ1) is 8.84. The summed E-state index contributed by atoms with van der Waals surface area (Å²) < 4.78 is 6.35. The molecule has 0 saturated heterocycles. The first kappa shape index (κ1) is 14.6. The van der Waals surface area contributed by atoms with Crippen molar-refractivity contribution < 1.29 is 4.52 Å². The van der Waals surface area contributed by atoms with Crippen molar-refractivity contribution in [2.45, 2.75) is 32.5 Å². The van der Waals surface area contributed by atoms with Gasteiger partial charge in [-0.1, -0.05) is 5.16 Å². The lowest BCUT2D eigenvalue weighted by atomic mass is 10.1. The summed E-state index contributed by atoms with van der Waals surface area (Å²) in [4.78, 5) is 6.44. The van der Waals surface area contributed by atoms with Gasteiger partial charge in [-0.3, -0.25) is 4.90 Å². The molecule has 19 heavy (non-hydrogen) atoms. The molecule has 0 radical (unpaired) electrons. The van der Waals surface area contributed by atoms with Gasteiger partial charge in [0.2, 0.25) is 5.89 Å². The lowest BCUT2D eigenvalue weighted by Gasteiger charge is -2.13. The molecule has 0 aliphatic heterocycles. The fourth-order valence-corrected chi connectivity index (χ4v) is 2.81. The summed E-state index contributed by atoms with van der Waals surface area (Å²) in [6.07, 6.45) is 0. The number of hydrogen-bond donors (Lipinski definition) is 1. The summed E-state index contributed by atoms with van der Waals surface area (Å²) in [5, 5.41) is 6.04. The van der Waals surface area contributed by atoms with Gasteiger partial charge in [0.25, 0.3) is 0 Å². The third-order valence-electron chi connectivity index (χ3n) is 2.52. The average Bonchev–Trinajstić information content (AvgIpc) is 2.87. The molecule has 0 aromatic carbocycles. The van der Waals surface area contributed by atoms with Crippen molar-refractivity contribution in [1.29, 1.82) is 0 Å². The third-order valence-corrected chi connectivity index (χ3v) is 4.08. The van der Waals surface area contributed by atoms with Gasteiger partial charge in [-0.05, 0) is 53.8 Å². The van der Waals surface area contributed by atoms with E-state index in [0.29, 0.717) is 18.3 Å². The van der Waals surface area contributed by atoms with Crippen LogP contribution >= 0.6 is 27.3 Å². The van der Waals surface area contributed by atoms with Crippen molar-refractivity contribution in [3.05, 3.63) is 32.5 Å². The van der Waals surface area contributed by atoms with Gasteiger partial charge in [0.1, 0.15) is 0 Å². The van der Waals surface area contributed by atoms with E-state index in [4.69, 9.17) is 10.3 Å². The molecular formula is C12H17BrN4OS. The molecule has 2 aromatic rings. The van der Waals surface area contributed by atoms with E-state index in [-0.39, 0.29) is 0 Å². The van der Waals surface area contributed by atoms with E-state index in [2.05, 4.69) is 42.4 Å². The van der Waals surface area contributed by atoms with Gasteiger partial charge >= 0.3 is 0 Å². The second-order valence-corrected chi connectivity index (χ2v) is 7.46. The molecule has 104 valence electrons. The Kier molecular flexibility index (Phi) is 4.39. The minimum Gasteiger partial charge on any atom is -0.338 e. The molecule has 7 heteroatoms. The zero-order valence-electron chi connectivity index (χ0n) is 11.2. The van der Waals surface area contributed by atoms with E-state index >= 15 is 0 Å². The minimum atomic E-state index is -0.571. The van der Waals surface area contributed by atoms with E-state index in [1.807, 2.05) is 20.9 Å². The summed E-state index contributed by atoms with van der Waals surface area (Å²) in [6, 6.07) is 2.11. The quantitative estimate of drug-likeness (QED) is 0.902. The van der Waals surface area contributed by atoms with Gasteiger partial charge in [0.15, 0.2) is 5.82 Å². The van der Waals surface area contributed by atoms with Crippen molar-refractivity contribution in [3.63, 3.8) is 0 Å². The molecule has 5 nitrogen and oxygen atoms in total. The minimum absolute atomic E-state index is 0.536. The van der Waals surface area contributed by atoms with Crippen LogP contribution in [-0.2, 0) is 18.6 Å². The Balaban J connectivity index is 1.95. The standard InChI is InChI=1S/C12H17BrN4OS/c1-12(2,14)11-15-10(18-16-11)6-17(3)5-8-4-9(13)19-7-8/h4,7H,5-6,14H2,1-3H3. The van der Waals surface area contributed by atoms with E-state index in [1.54, 1.807) is 11.3 Å². The third kappa shape index (κ3) is 4.10. The Hall–Kier alpha value is -0.760. The number of rotatable bonds is 5. The first-order valence-corrected chi connectivity index (χ1v) is 7.55. The highest BCUT2D eigenvalue weighted by atomic mass is 79.9.